The molecule has 98 valence electrons. The minimum atomic E-state index is -0.984. The molecule has 0 bridgehead atoms. The van der Waals surface area contributed by atoms with E-state index in [-0.39, 0.29) is 12.6 Å². The van der Waals surface area contributed by atoms with Gasteiger partial charge in [-0.25, -0.2) is 9.65 Å². The van der Waals surface area contributed by atoms with Crippen LogP contribution in [0.1, 0.15) is 29.0 Å². The molecule has 0 aliphatic carbocycles. The number of anilines is 1. The Balaban J connectivity index is 2.30. The first-order valence-corrected chi connectivity index (χ1v) is 6.51. The fourth-order valence-corrected chi connectivity index (χ4v) is 2.87. The Morgan fingerprint density at radius 3 is 2.89 bits per heavy atom. The number of nitrogen functional groups attached to an aromatic ring is 1. The number of hydrogen-bond acceptors (Lipinski definition) is 3. The van der Waals surface area contributed by atoms with Crippen molar-refractivity contribution in [3.63, 3.8) is 0 Å². The Morgan fingerprint density at radius 2 is 2.32 bits per heavy atom. The molecule has 5 heteroatoms. The van der Waals surface area contributed by atoms with Crippen molar-refractivity contribution in [1.29, 1.82) is 10.7 Å². The second-order valence-electron chi connectivity index (χ2n) is 5.24. The molecule has 1 aromatic rings. The summed E-state index contributed by atoms with van der Waals surface area (Å²) < 4.78 is 14.2. The van der Waals surface area contributed by atoms with Crippen molar-refractivity contribution in [1.82, 2.24) is 0 Å². The lowest BCUT2D eigenvalue weighted by Crippen LogP contribution is -2.29. The molecule has 0 spiro atoms. The second kappa shape index (κ2) is 5.44. The maximum absolute atomic E-state index is 14.2. The summed E-state index contributed by atoms with van der Waals surface area (Å²) in [6.45, 7) is 1.76. The van der Waals surface area contributed by atoms with E-state index < -0.39 is 6.17 Å². The van der Waals surface area contributed by atoms with Gasteiger partial charge in [-0.1, -0.05) is 6.32 Å². The molecule has 0 amide bonds. The Kier molecular flexibility index (Phi) is 3.89. The monoisotopic (exact) mass is 257 g/mol. The number of benzene rings is 1. The van der Waals surface area contributed by atoms with Gasteiger partial charge in [0, 0.05) is 29.4 Å². The number of nitrogens with two attached hydrogens (primary N) is 1. The topological polar surface area (TPSA) is 73.7 Å². The van der Waals surface area contributed by atoms with Crippen LogP contribution in [0.15, 0.2) is 12.1 Å². The highest BCUT2D eigenvalue weighted by molar-refractivity contribution is 6.67. The molecule has 1 aliphatic rings. The lowest BCUT2D eigenvalue weighted by Gasteiger charge is -2.29. The first-order chi connectivity index (χ1) is 9.06. The van der Waals surface area contributed by atoms with E-state index in [1.807, 2.05) is 13.0 Å². The summed E-state index contributed by atoms with van der Waals surface area (Å²) in [6, 6.07) is 3.63. The summed E-state index contributed by atoms with van der Waals surface area (Å²) in [5.41, 5.74) is 8.96. The number of nitrogens with zero attached hydrogens (tertiary/aromatic N) is 1. The average Bonchev–Trinajstić information content (AvgIpc) is 2.41. The molecule has 1 saturated heterocycles. The summed E-state index contributed by atoms with van der Waals surface area (Å²) in [5, 5.41) is 16.1. The van der Waals surface area contributed by atoms with Gasteiger partial charge in [-0.05, 0) is 42.9 Å². The lowest BCUT2D eigenvalue weighted by atomic mass is 9.41. The summed E-state index contributed by atoms with van der Waals surface area (Å²) in [6.07, 6.45) is 1.97. The van der Waals surface area contributed by atoms with Crippen LogP contribution in [0, 0.1) is 23.6 Å². The van der Waals surface area contributed by atoms with Crippen LogP contribution in [-0.2, 0) is 0 Å². The van der Waals surface area contributed by atoms with Gasteiger partial charge in [0.15, 0.2) is 0 Å². The molecule has 3 N–H and O–H groups in total. The Morgan fingerprint density at radius 1 is 1.58 bits per heavy atom. The molecule has 1 aliphatic heterocycles. The SMILES string of the molecule is Cc1cc(C=N)c(N)cc1C1CCB(C#N)CC1F. The van der Waals surface area contributed by atoms with E-state index in [2.05, 4.69) is 5.97 Å². The van der Waals surface area contributed by atoms with Crippen LogP contribution < -0.4 is 5.73 Å². The Bertz CT molecular complexity index is 538. The zero-order chi connectivity index (χ0) is 14.0. The van der Waals surface area contributed by atoms with E-state index in [1.165, 1.54) is 6.21 Å². The van der Waals surface area contributed by atoms with Crippen molar-refractivity contribution in [3.05, 3.63) is 28.8 Å². The number of nitriles is 1. The average molecular weight is 257 g/mol. The molecule has 2 atom stereocenters. The standard InChI is InChI=1S/C14H17BFN3/c1-9-4-10(7-17)14(19)5-12(9)11-2-3-15(8-18)6-13(11)16/h4-5,7,11,13,17H,2-3,6,19H2,1H3. The van der Waals surface area contributed by atoms with Gasteiger partial charge < -0.3 is 11.1 Å². The van der Waals surface area contributed by atoms with Crippen LogP contribution in [0.3, 0.4) is 0 Å². The number of rotatable bonds is 2. The molecule has 0 aromatic heterocycles. The van der Waals surface area contributed by atoms with Gasteiger partial charge in [0.25, 0.3) is 6.71 Å². The van der Waals surface area contributed by atoms with Gasteiger partial charge in [0.05, 0.1) is 0 Å². The predicted molar refractivity (Wildman–Crippen MR) is 76.7 cm³/mol. The maximum Gasteiger partial charge on any atom is 0.270 e. The molecule has 1 aromatic carbocycles. The number of aryl methyl sites for hydroxylation is 1. The van der Waals surface area contributed by atoms with Gasteiger partial charge in [-0.2, -0.15) is 0 Å². The van der Waals surface area contributed by atoms with Crippen molar-refractivity contribution < 1.29 is 4.39 Å². The predicted octanol–water partition coefficient (Wildman–Crippen LogP) is 2.96. The molecule has 1 heterocycles. The van der Waals surface area contributed by atoms with E-state index in [4.69, 9.17) is 16.4 Å². The molecular formula is C14H17BFN3. The highest BCUT2D eigenvalue weighted by Crippen LogP contribution is 2.38. The summed E-state index contributed by atoms with van der Waals surface area (Å²) in [7, 11) is 0. The van der Waals surface area contributed by atoms with Crippen LogP contribution in [0.25, 0.3) is 0 Å². The minimum Gasteiger partial charge on any atom is -0.398 e. The molecule has 3 nitrogen and oxygen atoms in total. The van der Waals surface area contributed by atoms with Crippen molar-refractivity contribution in [2.45, 2.75) is 38.1 Å². The van der Waals surface area contributed by atoms with Crippen LogP contribution in [0.2, 0.25) is 12.6 Å². The quantitative estimate of drug-likeness (QED) is 0.485. The van der Waals surface area contributed by atoms with Crippen molar-refractivity contribution in [3.8, 4) is 5.97 Å². The number of alkyl halides is 1. The maximum atomic E-state index is 14.2. The Hall–Kier alpha value is -1.83. The summed E-state index contributed by atoms with van der Waals surface area (Å²) in [5.74, 6) is 1.98. The molecule has 0 saturated carbocycles. The first-order valence-electron chi connectivity index (χ1n) is 6.51. The molecule has 19 heavy (non-hydrogen) atoms. The lowest BCUT2D eigenvalue weighted by molar-refractivity contribution is 0.288. The second-order valence-corrected chi connectivity index (χ2v) is 5.24. The van der Waals surface area contributed by atoms with Crippen molar-refractivity contribution >= 4 is 18.6 Å². The number of halogens is 1. The van der Waals surface area contributed by atoms with E-state index in [1.54, 1.807) is 6.07 Å². The van der Waals surface area contributed by atoms with E-state index in [9.17, 15) is 4.39 Å². The summed E-state index contributed by atoms with van der Waals surface area (Å²) >= 11 is 0. The highest BCUT2D eigenvalue weighted by atomic mass is 19.1. The molecule has 1 fully saturated rings. The Labute approximate surface area is 113 Å². The van der Waals surface area contributed by atoms with Crippen LogP contribution in [0.4, 0.5) is 10.1 Å². The van der Waals surface area contributed by atoms with Crippen LogP contribution in [-0.4, -0.2) is 19.1 Å². The van der Waals surface area contributed by atoms with Crippen molar-refractivity contribution in [2.24, 2.45) is 0 Å². The molecule has 0 radical (unpaired) electrons. The molecule has 2 unspecified atom stereocenters. The molecule has 2 rings (SSSR count). The zero-order valence-electron chi connectivity index (χ0n) is 11.0. The summed E-state index contributed by atoms with van der Waals surface area (Å²) in [4.78, 5) is 0. The van der Waals surface area contributed by atoms with E-state index >= 15 is 0 Å². The van der Waals surface area contributed by atoms with E-state index in [0.717, 1.165) is 17.4 Å². The van der Waals surface area contributed by atoms with Gasteiger partial charge in [0.1, 0.15) is 6.17 Å². The van der Waals surface area contributed by atoms with Gasteiger partial charge >= 0.3 is 0 Å². The highest BCUT2D eigenvalue weighted by Gasteiger charge is 2.34. The first kappa shape index (κ1) is 13.6. The van der Waals surface area contributed by atoms with Gasteiger partial charge in [0.2, 0.25) is 0 Å². The van der Waals surface area contributed by atoms with Crippen molar-refractivity contribution in [2.75, 3.05) is 5.73 Å². The fraction of sp³-hybridized carbons (Fsp3) is 0.429. The van der Waals surface area contributed by atoms with E-state index in [0.29, 0.717) is 24.0 Å². The van der Waals surface area contributed by atoms with Crippen LogP contribution >= 0.6 is 0 Å². The molecular weight excluding hydrogens is 240 g/mol. The number of nitrogens with one attached hydrogen (secondary N) is 1. The third kappa shape index (κ3) is 2.63. The van der Waals surface area contributed by atoms with Gasteiger partial charge in [-0.3, -0.25) is 0 Å². The number of hydrogen-bond donors (Lipinski definition) is 2. The third-order valence-electron chi connectivity index (χ3n) is 3.98. The minimum absolute atomic E-state index is 0.162. The van der Waals surface area contributed by atoms with Gasteiger partial charge in [-0.15, -0.1) is 0 Å². The van der Waals surface area contributed by atoms with Crippen LogP contribution in [0.5, 0.6) is 0 Å². The fourth-order valence-electron chi connectivity index (χ4n) is 2.87. The third-order valence-corrected chi connectivity index (χ3v) is 3.98. The zero-order valence-corrected chi connectivity index (χ0v) is 11.0. The largest absolute Gasteiger partial charge is 0.398 e. The smallest absolute Gasteiger partial charge is 0.270 e. The normalized spacial score (nSPS) is 22.9.